The molecule has 1 unspecified atom stereocenters. The smallest absolute Gasteiger partial charge is 0.161 e. The van der Waals surface area contributed by atoms with Gasteiger partial charge < -0.3 is 19.5 Å². The molecule has 20 heavy (non-hydrogen) atoms. The van der Waals surface area contributed by atoms with Crippen LogP contribution in [0.1, 0.15) is 24.8 Å². The number of hydrogen-bond donors (Lipinski definition) is 1. The molecule has 4 nitrogen and oxygen atoms in total. The minimum Gasteiger partial charge on any atom is -0.493 e. The minimum absolute atomic E-state index is 0.217. The van der Waals surface area contributed by atoms with Crippen LogP contribution >= 0.6 is 0 Å². The lowest BCUT2D eigenvalue weighted by molar-refractivity contribution is 0.101. The summed E-state index contributed by atoms with van der Waals surface area (Å²) in [5.41, 5.74) is 1.17. The van der Waals surface area contributed by atoms with Gasteiger partial charge in [-0.15, -0.1) is 0 Å². The molecule has 1 atom stereocenters. The number of nitrogens with zero attached hydrogens (tertiary/aromatic N) is 1. The Hall–Kier alpha value is -1.26. The monoisotopic (exact) mass is 279 g/mol. The van der Waals surface area contributed by atoms with Crippen molar-refractivity contribution >= 4 is 0 Å². The van der Waals surface area contributed by atoms with Gasteiger partial charge in [-0.2, -0.15) is 0 Å². The number of aryl methyl sites for hydroxylation is 1. The average molecular weight is 279 g/mol. The number of likely N-dealkylation sites (N-methyl/N-ethyl adjacent to an activating group) is 1. The summed E-state index contributed by atoms with van der Waals surface area (Å²) < 4.78 is 11.5. The maximum Gasteiger partial charge on any atom is 0.161 e. The number of likely N-dealkylation sites (tertiary alicyclic amines) is 1. The van der Waals surface area contributed by atoms with Crippen molar-refractivity contribution in [2.45, 2.75) is 31.8 Å². The first-order chi connectivity index (χ1) is 9.72. The van der Waals surface area contributed by atoms with Crippen LogP contribution < -0.4 is 9.47 Å². The summed E-state index contributed by atoms with van der Waals surface area (Å²) in [6, 6.07) is 6.05. The first-order valence-corrected chi connectivity index (χ1v) is 7.36. The molecule has 4 heteroatoms. The van der Waals surface area contributed by atoms with E-state index >= 15 is 0 Å². The average Bonchev–Trinajstić information content (AvgIpc) is 2.46. The summed E-state index contributed by atoms with van der Waals surface area (Å²) in [5.74, 6) is 1.61. The van der Waals surface area contributed by atoms with Crippen LogP contribution in [0.3, 0.4) is 0 Å². The fraction of sp³-hybridized carbons (Fsp3) is 0.625. The van der Waals surface area contributed by atoms with Gasteiger partial charge in [-0.25, -0.2) is 0 Å². The van der Waals surface area contributed by atoms with E-state index in [9.17, 15) is 0 Å². The molecular weight excluding hydrogens is 254 g/mol. The summed E-state index contributed by atoms with van der Waals surface area (Å²) in [6.45, 7) is 2.33. The quantitative estimate of drug-likeness (QED) is 0.866. The van der Waals surface area contributed by atoms with Crippen molar-refractivity contribution < 1.29 is 14.6 Å². The highest BCUT2D eigenvalue weighted by Crippen LogP contribution is 2.30. The molecule has 0 saturated carbocycles. The number of aliphatic hydroxyl groups excluding tert-OH is 1. The van der Waals surface area contributed by atoms with Crippen molar-refractivity contribution in [2.75, 3.05) is 33.9 Å². The van der Waals surface area contributed by atoms with E-state index in [1.165, 1.54) is 12.0 Å². The molecule has 0 aromatic heterocycles. The first kappa shape index (κ1) is 15.1. The van der Waals surface area contributed by atoms with Crippen molar-refractivity contribution in [3.63, 3.8) is 0 Å². The molecule has 0 bridgehead atoms. The Morgan fingerprint density at radius 2 is 2.20 bits per heavy atom. The number of piperidine rings is 1. The van der Waals surface area contributed by atoms with Crippen molar-refractivity contribution in [2.24, 2.45) is 0 Å². The van der Waals surface area contributed by atoms with Crippen molar-refractivity contribution in [3.05, 3.63) is 23.8 Å². The molecule has 1 aliphatic rings. The summed E-state index contributed by atoms with van der Waals surface area (Å²) in [4.78, 5) is 2.30. The molecule has 0 aliphatic carbocycles. The molecule has 1 heterocycles. The maximum atomic E-state index is 8.89. The maximum absolute atomic E-state index is 8.89. The van der Waals surface area contributed by atoms with Gasteiger partial charge in [0, 0.05) is 13.2 Å². The third-order valence-electron chi connectivity index (χ3n) is 3.73. The van der Waals surface area contributed by atoms with E-state index in [0.29, 0.717) is 0 Å². The van der Waals surface area contributed by atoms with Crippen LogP contribution in [0.25, 0.3) is 0 Å². The van der Waals surface area contributed by atoms with Crippen LogP contribution in [0.5, 0.6) is 11.5 Å². The van der Waals surface area contributed by atoms with E-state index in [2.05, 4.69) is 18.0 Å². The molecule has 1 aromatic carbocycles. The van der Waals surface area contributed by atoms with Gasteiger partial charge in [0.1, 0.15) is 6.10 Å². The second kappa shape index (κ2) is 7.50. The van der Waals surface area contributed by atoms with Gasteiger partial charge in [0.25, 0.3) is 0 Å². The highest BCUT2D eigenvalue weighted by molar-refractivity contribution is 5.43. The Morgan fingerprint density at radius 1 is 1.35 bits per heavy atom. The van der Waals surface area contributed by atoms with Gasteiger partial charge in [-0.3, -0.25) is 0 Å². The van der Waals surface area contributed by atoms with E-state index < -0.39 is 0 Å². The normalized spacial score (nSPS) is 19.9. The van der Waals surface area contributed by atoms with Crippen LogP contribution in [0.15, 0.2) is 18.2 Å². The number of benzene rings is 1. The molecule has 0 amide bonds. The first-order valence-electron chi connectivity index (χ1n) is 7.36. The highest BCUT2D eigenvalue weighted by atomic mass is 16.5. The molecule has 1 aliphatic heterocycles. The van der Waals surface area contributed by atoms with E-state index in [1.807, 2.05) is 12.1 Å². The largest absolute Gasteiger partial charge is 0.493 e. The fourth-order valence-corrected chi connectivity index (χ4v) is 2.64. The molecule has 0 spiro atoms. The van der Waals surface area contributed by atoms with Crippen LogP contribution in [0, 0.1) is 0 Å². The zero-order chi connectivity index (χ0) is 14.4. The second-order valence-corrected chi connectivity index (χ2v) is 5.46. The van der Waals surface area contributed by atoms with Crippen molar-refractivity contribution in [1.29, 1.82) is 0 Å². The SMILES string of the molecule is COc1cc(CCCO)ccc1OC1CCCN(C)C1. The number of methoxy groups -OCH3 is 1. The van der Waals surface area contributed by atoms with Crippen molar-refractivity contribution in [3.8, 4) is 11.5 Å². The lowest BCUT2D eigenvalue weighted by Gasteiger charge is -2.30. The van der Waals surface area contributed by atoms with Crippen molar-refractivity contribution in [1.82, 2.24) is 4.90 Å². The predicted octanol–water partition coefficient (Wildman–Crippen LogP) is 2.09. The summed E-state index contributed by atoms with van der Waals surface area (Å²) in [7, 11) is 3.80. The number of hydrogen-bond acceptors (Lipinski definition) is 4. The van der Waals surface area contributed by atoms with Gasteiger partial charge in [0.15, 0.2) is 11.5 Å². The van der Waals surface area contributed by atoms with Crippen LogP contribution in [0.2, 0.25) is 0 Å². The zero-order valence-electron chi connectivity index (χ0n) is 12.5. The fourth-order valence-electron chi connectivity index (χ4n) is 2.64. The third kappa shape index (κ3) is 4.12. The Labute approximate surface area is 121 Å². The minimum atomic E-state index is 0.217. The molecule has 0 radical (unpaired) electrons. The van der Waals surface area contributed by atoms with Gasteiger partial charge in [0.05, 0.1) is 7.11 Å². The Balaban J connectivity index is 2.03. The summed E-state index contributed by atoms with van der Waals surface area (Å²) in [6.07, 6.45) is 4.15. The Kier molecular flexibility index (Phi) is 5.68. The summed E-state index contributed by atoms with van der Waals surface area (Å²) in [5, 5.41) is 8.89. The predicted molar refractivity (Wildman–Crippen MR) is 79.5 cm³/mol. The molecule has 112 valence electrons. The molecule has 1 aromatic rings. The zero-order valence-corrected chi connectivity index (χ0v) is 12.5. The van der Waals surface area contributed by atoms with Gasteiger partial charge in [-0.1, -0.05) is 6.07 Å². The molecular formula is C16H25NO3. The van der Waals surface area contributed by atoms with E-state index in [1.54, 1.807) is 7.11 Å². The van der Waals surface area contributed by atoms with E-state index in [4.69, 9.17) is 14.6 Å². The molecule has 1 fully saturated rings. The lowest BCUT2D eigenvalue weighted by Crippen LogP contribution is -2.38. The standard InChI is InChI=1S/C16H25NO3/c1-17-9-3-6-14(12-17)20-15-8-7-13(5-4-10-18)11-16(15)19-2/h7-8,11,14,18H,3-6,9-10,12H2,1-2H3. The van der Waals surface area contributed by atoms with E-state index in [-0.39, 0.29) is 12.7 Å². The molecule has 1 N–H and O–H groups in total. The van der Waals surface area contributed by atoms with Crippen LogP contribution in [-0.2, 0) is 6.42 Å². The van der Waals surface area contributed by atoms with Gasteiger partial charge >= 0.3 is 0 Å². The van der Waals surface area contributed by atoms with Gasteiger partial charge in [-0.05, 0) is 57.0 Å². The van der Waals surface area contributed by atoms with Crippen LogP contribution in [-0.4, -0.2) is 50.0 Å². The molecule has 1 saturated heterocycles. The van der Waals surface area contributed by atoms with Crippen LogP contribution in [0.4, 0.5) is 0 Å². The number of rotatable bonds is 6. The lowest BCUT2D eigenvalue weighted by atomic mass is 10.1. The number of ether oxygens (including phenoxy) is 2. The van der Waals surface area contributed by atoms with Gasteiger partial charge in [0.2, 0.25) is 0 Å². The van der Waals surface area contributed by atoms with E-state index in [0.717, 1.165) is 43.9 Å². The third-order valence-corrected chi connectivity index (χ3v) is 3.73. The second-order valence-electron chi connectivity index (χ2n) is 5.46. The topological polar surface area (TPSA) is 41.9 Å². The summed E-state index contributed by atoms with van der Waals surface area (Å²) >= 11 is 0. The Bertz CT molecular complexity index is 422. The number of aliphatic hydroxyl groups is 1. The highest BCUT2D eigenvalue weighted by Gasteiger charge is 2.20. The Morgan fingerprint density at radius 3 is 2.90 bits per heavy atom. The molecule has 2 rings (SSSR count).